The minimum absolute atomic E-state index is 0.000950. The van der Waals surface area contributed by atoms with Crippen molar-refractivity contribution in [2.45, 2.75) is 19.3 Å². The Bertz CT molecular complexity index is 495. The van der Waals surface area contributed by atoms with Crippen LogP contribution in [0.1, 0.15) is 19.3 Å². The molecule has 0 spiro atoms. The number of hydrogen-bond donors (Lipinski definition) is 1. The van der Waals surface area contributed by atoms with E-state index in [-0.39, 0.29) is 5.69 Å². The molecule has 7 heteroatoms. The average molecular weight is 263 g/mol. The fourth-order valence-corrected chi connectivity index (χ4v) is 3.26. The van der Waals surface area contributed by atoms with Crippen LogP contribution in [0, 0.1) is 22.0 Å². The van der Waals surface area contributed by atoms with Gasteiger partial charge in [-0.3, -0.25) is 10.1 Å². The summed E-state index contributed by atoms with van der Waals surface area (Å²) in [4.78, 5) is 21.0. The number of nitro groups is 1. The van der Waals surface area contributed by atoms with Gasteiger partial charge in [-0.1, -0.05) is 6.42 Å². The normalized spacial score (nSPS) is 25.4. The molecule has 2 heterocycles. The van der Waals surface area contributed by atoms with Gasteiger partial charge in [0.25, 0.3) is 0 Å². The number of aromatic nitrogens is 2. The summed E-state index contributed by atoms with van der Waals surface area (Å²) in [5.74, 6) is 2.23. The number of nitrogens with one attached hydrogen (secondary N) is 1. The van der Waals surface area contributed by atoms with Crippen molar-refractivity contribution in [1.82, 2.24) is 9.97 Å². The molecular formula is C12H17N5O2. The van der Waals surface area contributed by atoms with E-state index in [1.165, 1.54) is 25.5 Å². The lowest BCUT2D eigenvalue weighted by molar-refractivity contribution is -0.384. The molecule has 0 amide bonds. The lowest BCUT2D eigenvalue weighted by Gasteiger charge is -2.18. The van der Waals surface area contributed by atoms with Gasteiger partial charge in [0.15, 0.2) is 0 Å². The summed E-state index contributed by atoms with van der Waals surface area (Å²) >= 11 is 0. The second-order valence-corrected chi connectivity index (χ2v) is 5.27. The van der Waals surface area contributed by atoms with E-state index >= 15 is 0 Å². The van der Waals surface area contributed by atoms with Crippen LogP contribution in [0.25, 0.3) is 0 Å². The summed E-state index contributed by atoms with van der Waals surface area (Å²) in [6, 6.07) is 0. The number of nitrogens with zero attached hydrogens (tertiary/aromatic N) is 4. The molecule has 2 atom stereocenters. The first kappa shape index (κ1) is 12.1. The van der Waals surface area contributed by atoms with Gasteiger partial charge in [-0.2, -0.15) is 4.98 Å². The molecule has 0 aromatic carbocycles. The maximum absolute atomic E-state index is 11.1. The fourth-order valence-electron chi connectivity index (χ4n) is 3.26. The van der Waals surface area contributed by atoms with Gasteiger partial charge in [-0.05, 0) is 24.7 Å². The highest BCUT2D eigenvalue weighted by molar-refractivity contribution is 5.59. The van der Waals surface area contributed by atoms with Crippen LogP contribution in [0.3, 0.4) is 0 Å². The van der Waals surface area contributed by atoms with Gasteiger partial charge in [0.05, 0.1) is 4.92 Å². The Morgan fingerprint density at radius 2 is 2.11 bits per heavy atom. The van der Waals surface area contributed by atoms with E-state index in [1.807, 2.05) is 0 Å². The van der Waals surface area contributed by atoms with Crippen molar-refractivity contribution < 1.29 is 4.92 Å². The highest BCUT2D eigenvalue weighted by Crippen LogP contribution is 2.41. The van der Waals surface area contributed by atoms with Crippen molar-refractivity contribution >= 4 is 17.5 Å². The molecule has 0 radical (unpaired) electrons. The molecule has 2 aliphatic rings. The Kier molecular flexibility index (Phi) is 2.96. The average Bonchev–Trinajstić information content (AvgIpc) is 2.98. The van der Waals surface area contributed by atoms with Gasteiger partial charge in [-0.25, -0.2) is 4.98 Å². The van der Waals surface area contributed by atoms with E-state index in [0.717, 1.165) is 13.1 Å². The summed E-state index contributed by atoms with van der Waals surface area (Å²) in [5, 5.41) is 13.9. The minimum atomic E-state index is -0.400. The maximum Gasteiger partial charge on any atom is 0.329 e. The smallest absolute Gasteiger partial charge is 0.329 e. The first-order chi connectivity index (χ1) is 9.19. The second kappa shape index (κ2) is 4.64. The van der Waals surface area contributed by atoms with Gasteiger partial charge < -0.3 is 10.2 Å². The Morgan fingerprint density at radius 3 is 2.68 bits per heavy atom. The summed E-state index contributed by atoms with van der Waals surface area (Å²) in [5.41, 5.74) is -0.000950. The van der Waals surface area contributed by atoms with Crippen LogP contribution in [0.5, 0.6) is 0 Å². The van der Waals surface area contributed by atoms with E-state index in [2.05, 4.69) is 20.2 Å². The molecular weight excluding hydrogens is 246 g/mol. The maximum atomic E-state index is 11.1. The summed E-state index contributed by atoms with van der Waals surface area (Å²) in [6.07, 6.45) is 5.05. The van der Waals surface area contributed by atoms with Gasteiger partial charge in [-0.15, -0.1) is 0 Å². The number of rotatable bonds is 3. The molecule has 2 unspecified atom stereocenters. The van der Waals surface area contributed by atoms with Crippen LogP contribution in [0.15, 0.2) is 6.20 Å². The molecule has 102 valence electrons. The predicted molar refractivity (Wildman–Crippen MR) is 71.3 cm³/mol. The Morgan fingerprint density at radius 1 is 1.42 bits per heavy atom. The van der Waals surface area contributed by atoms with Crippen molar-refractivity contribution in [3.8, 4) is 0 Å². The largest absolute Gasteiger partial charge is 0.357 e. The molecule has 1 aromatic rings. The summed E-state index contributed by atoms with van der Waals surface area (Å²) in [6.45, 7) is 1.76. The molecule has 1 saturated carbocycles. The van der Waals surface area contributed by atoms with Crippen molar-refractivity contribution in [3.05, 3.63) is 16.3 Å². The molecule has 3 rings (SSSR count). The molecule has 1 N–H and O–H groups in total. The molecule has 1 saturated heterocycles. The number of fused-ring (bicyclic) bond motifs is 1. The summed E-state index contributed by atoms with van der Waals surface area (Å²) in [7, 11) is 1.71. The van der Waals surface area contributed by atoms with Crippen molar-refractivity contribution in [1.29, 1.82) is 0 Å². The fraction of sp³-hybridized carbons (Fsp3) is 0.667. The van der Waals surface area contributed by atoms with Crippen LogP contribution < -0.4 is 10.2 Å². The van der Waals surface area contributed by atoms with Gasteiger partial charge in [0.2, 0.25) is 11.8 Å². The van der Waals surface area contributed by atoms with E-state index in [9.17, 15) is 10.1 Å². The molecule has 7 nitrogen and oxygen atoms in total. The quantitative estimate of drug-likeness (QED) is 0.659. The topological polar surface area (TPSA) is 84.2 Å². The van der Waals surface area contributed by atoms with Crippen molar-refractivity contribution in [3.63, 3.8) is 0 Å². The third kappa shape index (κ3) is 2.09. The molecule has 19 heavy (non-hydrogen) atoms. The minimum Gasteiger partial charge on any atom is -0.357 e. The number of anilines is 2. The molecule has 1 aliphatic carbocycles. The van der Waals surface area contributed by atoms with Crippen molar-refractivity contribution in [2.24, 2.45) is 11.8 Å². The molecule has 0 bridgehead atoms. The van der Waals surface area contributed by atoms with E-state index in [0.29, 0.717) is 23.6 Å². The zero-order valence-corrected chi connectivity index (χ0v) is 10.9. The zero-order valence-electron chi connectivity index (χ0n) is 10.9. The first-order valence-corrected chi connectivity index (χ1v) is 6.63. The van der Waals surface area contributed by atoms with E-state index < -0.39 is 4.92 Å². The predicted octanol–water partition coefficient (Wildman–Crippen LogP) is 1.66. The van der Waals surface area contributed by atoms with Crippen LogP contribution >= 0.6 is 0 Å². The lowest BCUT2D eigenvalue weighted by atomic mass is 10.0. The van der Waals surface area contributed by atoms with E-state index in [4.69, 9.17) is 0 Å². The third-order valence-electron chi connectivity index (χ3n) is 4.20. The Hall–Kier alpha value is -1.92. The Labute approximate surface area is 111 Å². The lowest BCUT2D eigenvalue weighted by Crippen LogP contribution is -2.23. The van der Waals surface area contributed by atoms with Gasteiger partial charge in [0.1, 0.15) is 6.20 Å². The first-order valence-electron chi connectivity index (χ1n) is 6.63. The molecule has 2 fully saturated rings. The SMILES string of the molecule is CNc1ncc([N+](=O)[O-])c(N2CC3CCCC3C2)n1. The van der Waals surface area contributed by atoms with Crippen LogP contribution in [0.2, 0.25) is 0 Å². The van der Waals surface area contributed by atoms with Gasteiger partial charge >= 0.3 is 5.69 Å². The molecule has 1 aliphatic heterocycles. The standard InChI is InChI=1S/C12H17N5O2/c1-13-12-14-5-10(17(18)19)11(15-12)16-6-8-3-2-4-9(8)7-16/h5,8-9H,2-4,6-7H2,1H3,(H,13,14,15). The number of hydrogen-bond acceptors (Lipinski definition) is 6. The molecule has 1 aromatic heterocycles. The highest BCUT2D eigenvalue weighted by Gasteiger charge is 2.38. The Balaban J connectivity index is 1.92. The highest BCUT2D eigenvalue weighted by atomic mass is 16.6. The third-order valence-corrected chi connectivity index (χ3v) is 4.20. The van der Waals surface area contributed by atoms with Gasteiger partial charge in [0, 0.05) is 20.1 Å². The van der Waals surface area contributed by atoms with Crippen LogP contribution in [-0.2, 0) is 0 Å². The van der Waals surface area contributed by atoms with Crippen LogP contribution in [0.4, 0.5) is 17.5 Å². The van der Waals surface area contributed by atoms with E-state index in [1.54, 1.807) is 7.05 Å². The zero-order chi connectivity index (χ0) is 13.4. The summed E-state index contributed by atoms with van der Waals surface area (Å²) < 4.78 is 0. The van der Waals surface area contributed by atoms with Crippen LogP contribution in [-0.4, -0.2) is 35.0 Å². The van der Waals surface area contributed by atoms with Crippen molar-refractivity contribution in [2.75, 3.05) is 30.4 Å². The monoisotopic (exact) mass is 263 g/mol. The second-order valence-electron chi connectivity index (χ2n) is 5.27.